The van der Waals surface area contributed by atoms with Crippen molar-refractivity contribution in [2.24, 2.45) is 5.92 Å². The number of nitrogens with zero attached hydrogens (tertiary/aromatic N) is 2. The fraction of sp³-hybridized carbons (Fsp3) is 0.750. The van der Waals surface area contributed by atoms with E-state index in [0.717, 1.165) is 12.2 Å². The number of thiazole rings is 1. The van der Waals surface area contributed by atoms with Crippen LogP contribution in [0.3, 0.4) is 0 Å². The Labute approximate surface area is 107 Å². The molecular weight excluding hydrogens is 240 g/mol. The molecule has 0 bridgehead atoms. The van der Waals surface area contributed by atoms with Crippen LogP contribution in [0.5, 0.6) is 0 Å². The number of hydrogen-bond acceptors (Lipinski definition) is 3. The fourth-order valence-electron chi connectivity index (χ4n) is 2.24. The van der Waals surface area contributed by atoms with Gasteiger partial charge < -0.3 is 0 Å². The van der Waals surface area contributed by atoms with E-state index < -0.39 is 0 Å². The number of piperidine rings is 1. The van der Waals surface area contributed by atoms with E-state index in [1.54, 1.807) is 11.3 Å². The van der Waals surface area contributed by atoms with E-state index in [1.165, 1.54) is 30.9 Å². The SMILES string of the molecule is Cc1csc(CN2CCC(C(C)Cl)CC2)n1. The molecule has 1 aromatic rings. The smallest absolute Gasteiger partial charge is 0.107 e. The molecule has 0 saturated carbocycles. The Hall–Kier alpha value is -0.120. The summed E-state index contributed by atoms with van der Waals surface area (Å²) in [6.45, 7) is 7.52. The third-order valence-electron chi connectivity index (χ3n) is 3.31. The van der Waals surface area contributed by atoms with Gasteiger partial charge in [0, 0.05) is 16.5 Å². The van der Waals surface area contributed by atoms with Gasteiger partial charge in [0.05, 0.1) is 6.54 Å². The van der Waals surface area contributed by atoms with Gasteiger partial charge in [0.2, 0.25) is 0 Å². The Kier molecular flexibility index (Phi) is 4.22. The first-order valence-electron chi connectivity index (χ1n) is 5.92. The van der Waals surface area contributed by atoms with E-state index >= 15 is 0 Å². The highest BCUT2D eigenvalue weighted by Crippen LogP contribution is 2.25. The summed E-state index contributed by atoms with van der Waals surface area (Å²) in [5.41, 5.74) is 1.14. The summed E-state index contributed by atoms with van der Waals surface area (Å²) in [4.78, 5) is 7.00. The molecule has 16 heavy (non-hydrogen) atoms. The minimum atomic E-state index is 0.323. The summed E-state index contributed by atoms with van der Waals surface area (Å²) >= 11 is 7.91. The van der Waals surface area contributed by atoms with Gasteiger partial charge >= 0.3 is 0 Å². The molecule has 2 rings (SSSR count). The molecule has 1 unspecified atom stereocenters. The molecule has 2 heterocycles. The zero-order valence-electron chi connectivity index (χ0n) is 9.95. The number of hydrogen-bond donors (Lipinski definition) is 0. The van der Waals surface area contributed by atoms with E-state index in [-0.39, 0.29) is 0 Å². The summed E-state index contributed by atoms with van der Waals surface area (Å²) in [5.74, 6) is 0.705. The standard InChI is InChI=1S/C12H19ClN2S/c1-9-8-16-12(14-9)7-15-5-3-11(4-6-15)10(2)13/h8,10-11H,3-7H2,1-2H3. The number of alkyl halides is 1. The molecule has 1 fully saturated rings. The summed E-state index contributed by atoms with van der Waals surface area (Å²) < 4.78 is 0. The average molecular weight is 259 g/mol. The molecule has 1 saturated heterocycles. The molecule has 0 aliphatic carbocycles. The highest BCUT2D eigenvalue weighted by molar-refractivity contribution is 7.09. The van der Waals surface area contributed by atoms with Crippen molar-refractivity contribution in [3.8, 4) is 0 Å². The van der Waals surface area contributed by atoms with Crippen LogP contribution in [0.1, 0.15) is 30.5 Å². The Morgan fingerprint density at radius 2 is 2.25 bits per heavy atom. The van der Waals surface area contributed by atoms with Crippen LogP contribution in [0.25, 0.3) is 0 Å². The zero-order chi connectivity index (χ0) is 11.5. The third kappa shape index (κ3) is 3.19. The summed E-state index contributed by atoms with van der Waals surface area (Å²) in [5, 5.41) is 3.70. The second-order valence-electron chi connectivity index (χ2n) is 4.67. The van der Waals surface area contributed by atoms with E-state index in [0.29, 0.717) is 11.3 Å². The van der Waals surface area contributed by atoms with Gasteiger partial charge in [-0.3, -0.25) is 4.90 Å². The molecular formula is C12H19ClN2S. The largest absolute Gasteiger partial charge is 0.297 e. The monoisotopic (exact) mass is 258 g/mol. The van der Waals surface area contributed by atoms with Gasteiger partial charge in [-0.05, 0) is 45.7 Å². The van der Waals surface area contributed by atoms with Gasteiger partial charge in [-0.25, -0.2) is 4.98 Å². The highest BCUT2D eigenvalue weighted by atomic mass is 35.5. The summed E-state index contributed by atoms with van der Waals surface area (Å²) in [6, 6.07) is 0. The number of likely N-dealkylation sites (tertiary alicyclic amines) is 1. The van der Waals surface area contributed by atoms with Crippen molar-refractivity contribution < 1.29 is 0 Å². The van der Waals surface area contributed by atoms with E-state index in [1.807, 2.05) is 0 Å². The molecule has 4 heteroatoms. The molecule has 0 amide bonds. The van der Waals surface area contributed by atoms with Crippen molar-refractivity contribution in [2.75, 3.05) is 13.1 Å². The maximum absolute atomic E-state index is 6.14. The maximum atomic E-state index is 6.14. The van der Waals surface area contributed by atoms with Crippen LogP contribution in [0.2, 0.25) is 0 Å². The van der Waals surface area contributed by atoms with Crippen molar-refractivity contribution in [2.45, 2.75) is 38.6 Å². The normalized spacial score (nSPS) is 21.2. The number of halogens is 1. The van der Waals surface area contributed by atoms with E-state index in [2.05, 4.69) is 29.1 Å². The van der Waals surface area contributed by atoms with Crippen molar-refractivity contribution in [3.05, 3.63) is 16.1 Å². The van der Waals surface area contributed by atoms with Gasteiger partial charge in [0.25, 0.3) is 0 Å². The topological polar surface area (TPSA) is 16.1 Å². The van der Waals surface area contributed by atoms with Crippen LogP contribution in [-0.2, 0) is 6.54 Å². The Morgan fingerprint density at radius 3 is 2.75 bits per heavy atom. The molecule has 0 N–H and O–H groups in total. The quantitative estimate of drug-likeness (QED) is 0.774. The van der Waals surface area contributed by atoms with Gasteiger partial charge in [0.15, 0.2) is 0 Å². The first kappa shape index (κ1) is 12.3. The molecule has 1 atom stereocenters. The van der Waals surface area contributed by atoms with Crippen LogP contribution in [0.15, 0.2) is 5.38 Å². The van der Waals surface area contributed by atoms with Crippen molar-refractivity contribution in [3.63, 3.8) is 0 Å². The lowest BCUT2D eigenvalue weighted by Crippen LogP contribution is -2.35. The first-order valence-corrected chi connectivity index (χ1v) is 7.24. The number of aryl methyl sites for hydroxylation is 1. The van der Waals surface area contributed by atoms with Crippen LogP contribution in [0, 0.1) is 12.8 Å². The number of aromatic nitrogens is 1. The lowest BCUT2D eigenvalue weighted by molar-refractivity contribution is 0.176. The molecule has 0 radical (unpaired) electrons. The molecule has 1 aliphatic rings. The summed E-state index contributed by atoms with van der Waals surface area (Å²) in [6.07, 6.45) is 2.46. The van der Waals surface area contributed by atoms with Crippen molar-refractivity contribution in [1.29, 1.82) is 0 Å². The van der Waals surface area contributed by atoms with Crippen molar-refractivity contribution in [1.82, 2.24) is 9.88 Å². The third-order valence-corrected chi connectivity index (χ3v) is 4.62. The first-order chi connectivity index (χ1) is 7.65. The van der Waals surface area contributed by atoms with Gasteiger partial charge in [0.1, 0.15) is 5.01 Å². The van der Waals surface area contributed by atoms with E-state index in [4.69, 9.17) is 11.6 Å². The molecule has 2 nitrogen and oxygen atoms in total. The van der Waals surface area contributed by atoms with Gasteiger partial charge in [-0.15, -0.1) is 22.9 Å². The van der Waals surface area contributed by atoms with Gasteiger partial charge in [-0.1, -0.05) is 0 Å². The lowest BCUT2D eigenvalue weighted by Gasteiger charge is -2.32. The second-order valence-corrected chi connectivity index (χ2v) is 6.30. The Balaban J connectivity index is 1.81. The lowest BCUT2D eigenvalue weighted by atomic mass is 9.94. The van der Waals surface area contributed by atoms with Crippen LogP contribution >= 0.6 is 22.9 Å². The highest BCUT2D eigenvalue weighted by Gasteiger charge is 2.22. The molecule has 1 aliphatic heterocycles. The van der Waals surface area contributed by atoms with Crippen LogP contribution in [-0.4, -0.2) is 28.4 Å². The van der Waals surface area contributed by atoms with E-state index in [9.17, 15) is 0 Å². The molecule has 0 spiro atoms. The predicted octanol–water partition coefficient (Wildman–Crippen LogP) is 3.29. The molecule has 0 aromatic carbocycles. The van der Waals surface area contributed by atoms with Crippen LogP contribution in [0.4, 0.5) is 0 Å². The molecule has 90 valence electrons. The molecule has 1 aromatic heterocycles. The average Bonchev–Trinajstić information content (AvgIpc) is 2.65. The zero-order valence-corrected chi connectivity index (χ0v) is 11.5. The predicted molar refractivity (Wildman–Crippen MR) is 70.2 cm³/mol. The van der Waals surface area contributed by atoms with Gasteiger partial charge in [-0.2, -0.15) is 0 Å². The minimum absolute atomic E-state index is 0.323. The summed E-state index contributed by atoms with van der Waals surface area (Å²) in [7, 11) is 0. The van der Waals surface area contributed by atoms with Crippen LogP contribution < -0.4 is 0 Å². The van der Waals surface area contributed by atoms with Crippen molar-refractivity contribution >= 4 is 22.9 Å². The Morgan fingerprint density at radius 1 is 1.56 bits per heavy atom. The second kappa shape index (κ2) is 5.48. The number of rotatable bonds is 3. The Bertz CT molecular complexity index is 330. The fourth-order valence-corrected chi connectivity index (χ4v) is 3.30. The maximum Gasteiger partial charge on any atom is 0.107 e. The minimum Gasteiger partial charge on any atom is -0.297 e.